The molecule has 8 nitrogen and oxygen atoms in total. The largest absolute Gasteiger partial charge is 0.360 e. The monoisotopic (exact) mass is 451 g/mol. The number of urea groups is 1. The molecule has 0 atom stereocenters. The van der Waals surface area contributed by atoms with Gasteiger partial charge in [0.15, 0.2) is 5.82 Å². The van der Waals surface area contributed by atoms with Crippen molar-refractivity contribution < 1.29 is 14.1 Å². The fourth-order valence-electron chi connectivity index (χ4n) is 2.57. The molecule has 2 aromatic rings. The van der Waals surface area contributed by atoms with Crippen LogP contribution in [0.2, 0.25) is 0 Å². The normalized spacial score (nSPS) is 10.8. The highest BCUT2D eigenvalue weighted by Gasteiger charge is 2.19. The Morgan fingerprint density at radius 1 is 1.11 bits per heavy atom. The van der Waals surface area contributed by atoms with Crippen molar-refractivity contribution in [3.63, 3.8) is 0 Å². The molecule has 1 aromatic heterocycles. The van der Waals surface area contributed by atoms with E-state index in [0.29, 0.717) is 30.4 Å². The first kappa shape index (κ1) is 21.9. The highest BCUT2D eigenvalue weighted by molar-refractivity contribution is 9.10. The maximum atomic E-state index is 12.7. The zero-order valence-corrected chi connectivity index (χ0v) is 18.0. The molecule has 0 aliphatic heterocycles. The number of halogens is 1. The number of likely N-dealkylation sites (N-methyl/N-ethyl adjacent to an activating group) is 1. The van der Waals surface area contributed by atoms with Gasteiger partial charge in [-0.05, 0) is 44.3 Å². The lowest BCUT2D eigenvalue weighted by atomic mass is 10.3. The van der Waals surface area contributed by atoms with Crippen LogP contribution in [0.3, 0.4) is 0 Å². The van der Waals surface area contributed by atoms with Gasteiger partial charge in [0, 0.05) is 29.3 Å². The van der Waals surface area contributed by atoms with Crippen LogP contribution in [0, 0.1) is 6.92 Å². The molecule has 0 saturated carbocycles. The highest BCUT2D eigenvalue weighted by atomic mass is 79.9. The molecule has 2 N–H and O–H groups in total. The summed E-state index contributed by atoms with van der Waals surface area (Å²) in [5.41, 5.74) is 0.661. The molecule has 28 heavy (non-hydrogen) atoms. The summed E-state index contributed by atoms with van der Waals surface area (Å²) in [5.74, 6) is 0.597. The molecule has 0 fully saturated rings. The molecule has 0 spiro atoms. The summed E-state index contributed by atoms with van der Waals surface area (Å²) >= 11 is 3.37. The maximum absolute atomic E-state index is 12.7. The summed E-state index contributed by atoms with van der Waals surface area (Å²) in [6, 6.07) is 8.57. The van der Waals surface area contributed by atoms with E-state index in [1.807, 2.05) is 12.1 Å². The van der Waals surface area contributed by atoms with Crippen molar-refractivity contribution in [3.8, 4) is 0 Å². The predicted molar refractivity (Wildman–Crippen MR) is 112 cm³/mol. The number of aryl methyl sites for hydroxylation is 1. The summed E-state index contributed by atoms with van der Waals surface area (Å²) in [6.45, 7) is 8.64. The molecule has 1 heterocycles. The van der Waals surface area contributed by atoms with Crippen LogP contribution in [0.15, 0.2) is 39.3 Å². The first-order chi connectivity index (χ1) is 13.4. The summed E-state index contributed by atoms with van der Waals surface area (Å²) in [4.78, 5) is 28.8. The minimum Gasteiger partial charge on any atom is -0.360 e. The van der Waals surface area contributed by atoms with E-state index < -0.39 is 0 Å². The second kappa shape index (κ2) is 10.8. The number of rotatable bonds is 9. The minimum absolute atomic E-state index is 0.0878. The smallest absolute Gasteiger partial charge is 0.322 e. The first-order valence-electron chi connectivity index (χ1n) is 9.18. The van der Waals surface area contributed by atoms with Gasteiger partial charge in [-0.3, -0.25) is 4.79 Å². The van der Waals surface area contributed by atoms with E-state index in [9.17, 15) is 9.59 Å². The number of carbonyl (C=O) groups excluding carboxylic acids is 2. The van der Waals surface area contributed by atoms with Crippen LogP contribution in [-0.4, -0.2) is 59.6 Å². The van der Waals surface area contributed by atoms with Crippen molar-refractivity contribution >= 4 is 39.4 Å². The Kier molecular flexibility index (Phi) is 8.46. The first-order valence-corrected chi connectivity index (χ1v) is 9.97. The molecule has 0 aliphatic carbocycles. The van der Waals surface area contributed by atoms with Gasteiger partial charge in [-0.2, -0.15) is 0 Å². The van der Waals surface area contributed by atoms with Crippen molar-refractivity contribution in [1.29, 1.82) is 0 Å². The van der Waals surface area contributed by atoms with Gasteiger partial charge < -0.3 is 25.0 Å². The lowest BCUT2D eigenvalue weighted by molar-refractivity contribution is -0.116. The second-order valence-corrected chi connectivity index (χ2v) is 7.17. The van der Waals surface area contributed by atoms with Crippen LogP contribution in [0.1, 0.15) is 19.6 Å². The van der Waals surface area contributed by atoms with Crippen LogP contribution in [0.4, 0.5) is 16.3 Å². The number of nitrogens with zero attached hydrogens (tertiary/aromatic N) is 3. The minimum atomic E-state index is -0.334. The molecule has 0 aliphatic rings. The average Bonchev–Trinajstić information content (AvgIpc) is 3.07. The fraction of sp³-hybridized carbons (Fsp3) is 0.421. The zero-order chi connectivity index (χ0) is 20.5. The third kappa shape index (κ3) is 6.97. The number of aromatic nitrogens is 1. The molecular formula is C19H26BrN5O3. The average molecular weight is 452 g/mol. The quantitative estimate of drug-likeness (QED) is 0.607. The third-order valence-corrected chi connectivity index (χ3v) is 4.72. The molecule has 2 rings (SSSR count). The van der Waals surface area contributed by atoms with E-state index in [-0.39, 0.29) is 18.5 Å². The number of hydrogen-bond acceptors (Lipinski definition) is 5. The summed E-state index contributed by atoms with van der Waals surface area (Å²) in [7, 11) is 0. The van der Waals surface area contributed by atoms with Gasteiger partial charge in [0.25, 0.3) is 0 Å². The number of benzene rings is 1. The van der Waals surface area contributed by atoms with Crippen LogP contribution in [-0.2, 0) is 4.79 Å². The van der Waals surface area contributed by atoms with Crippen molar-refractivity contribution in [2.45, 2.75) is 20.8 Å². The Balaban J connectivity index is 2.02. The predicted octanol–water partition coefficient (Wildman–Crippen LogP) is 3.56. The number of amides is 3. The maximum Gasteiger partial charge on any atom is 0.322 e. The number of carbonyl (C=O) groups is 2. The molecule has 0 unspecified atom stereocenters. The van der Waals surface area contributed by atoms with Gasteiger partial charge in [-0.15, -0.1) is 0 Å². The second-order valence-electron chi connectivity index (χ2n) is 6.26. The Labute approximate surface area is 173 Å². The van der Waals surface area contributed by atoms with Crippen LogP contribution in [0.25, 0.3) is 0 Å². The zero-order valence-electron chi connectivity index (χ0n) is 16.4. The molecule has 1 aromatic carbocycles. The Morgan fingerprint density at radius 3 is 2.36 bits per heavy atom. The van der Waals surface area contributed by atoms with E-state index in [0.717, 1.165) is 17.6 Å². The lowest BCUT2D eigenvalue weighted by Gasteiger charge is -2.26. The van der Waals surface area contributed by atoms with Crippen LogP contribution >= 0.6 is 15.9 Å². The summed E-state index contributed by atoms with van der Waals surface area (Å²) in [5, 5.41) is 9.23. The fourth-order valence-corrected chi connectivity index (χ4v) is 2.84. The number of nitrogens with one attached hydrogen (secondary N) is 2. The highest BCUT2D eigenvalue weighted by Crippen LogP contribution is 2.15. The van der Waals surface area contributed by atoms with Crippen molar-refractivity contribution in [2.75, 3.05) is 43.4 Å². The molecular weight excluding hydrogens is 426 g/mol. The van der Waals surface area contributed by atoms with Gasteiger partial charge in [-0.1, -0.05) is 34.9 Å². The van der Waals surface area contributed by atoms with Gasteiger partial charge in [0.2, 0.25) is 5.91 Å². The molecule has 3 amide bonds. The number of hydrogen-bond donors (Lipinski definition) is 2. The molecule has 0 bridgehead atoms. The summed E-state index contributed by atoms with van der Waals surface area (Å²) in [6.07, 6.45) is 0. The van der Waals surface area contributed by atoms with Gasteiger partial charge in [0.05, 0.1) is 0 Å². The van der Waals surface area contributed by atoms with Gasteiger partial charge in [-0.25, -0.2) is 4.79 Å². The van der Waals surface area contributed by atoms with E-state index in [2.05, 4.69) is 50.5 Å². The number of anilines is 2. The van der Waals surface area contributed by atoms with E-state index >= 15 is 0 Å². The van der Waals surface area contributed by atoms with Crippen LogP contribution in [0.5, 0.6) is 0 Å². The topological polar surface area (TPSA) is 90.7 Å². The van der Waals surface area contributed by atoms with Crippen LogP contribution < -0.4 is 10.6 Å². The van der Waals surface area contributed by atoms with Crippen molar-refractivity contribution in [3.05, 3.63) is 40.6 Å². The lowest BCUT2D eigenvalue weighted by Crippen LogP contribution is -2.44. The van der Waals surface area contributed by atoms with Crippen molar-refractivity contribution in [2.24, 2.45) is 0 Å². The standard InChI is InChI=1S/C19H26BrN5O3/c1-4-24(5-2)10-11-25(13-18(26)22-17-12-14(3)28-23-17)19(27)21-16-8-6-15(20)7-9-16/h6-9,12H,4-5,10-11,13H2,1-3H3,(H,21,27)(H,22,23,26). The Bertz CT molecular complexity index is 774. The van der Waals surface area contributed by atoms with E-state index in [1.54, 1.807) is 25.1 Å². The van der Waals surface area contributed by atoms with Gasteiger partial charge in [0.1, 0.15) is 12.3 Å². The van der Waals surface area contributed by atoms with E-state index in [4.69, 9.17) is 4.52 Å². The molecule has 0 radical (unpaired) electrons. The Morgan fingerprint density at radius 2 is 1.79 bits per heavy atom. The molecule has 9 heteroatoms. The summed E-state index contributed by atoms with van der Waals surface area (Å²) < 4.78 is 5.87. The molecule has 0 saturated heterocycles. The third-order valence-electron chi connectivity index (χ3n) is 4.19. The van der Waals surface area contributed by atoms with E-state index in [1.165, 1.54) is 4.90 Å². The van der Waals surface area contributed by atoms with Crippen molar-refractivity contribution in [1.82, 2.24) is 15.0 Å². The Hall–Kier alpha value is -2.39. The van der Waals surface area contributed by atoms with Gasteiger partial charge >= 0.3 is 6.03 Å². The molecule has 152 valence electrons. The SMILES string of the molecule is CCN(CC)CCN(CC(=O)Nc1cc(C)on1)C(=O)Nc1ccc(Br)cc1.